The number of thiophene rings is 1. The first kappa shape index (κ1) is 18.9. The van der Waals surface area contributed by atoms with E-state index >= 15 is 0 Å². The molecule has 0 N–H and O–H groups in total. The van der Waals surface area contributed by atoms with Crippen LogP contribution in [-0.2, 0) is 10.0 Å². The van der Waals surface area contributed by atoms with E-state index in [0.717, 1.165) is 51.6 Å². The van der Waals surface area contributed by atoms with E-state index in [1.165, 1.54) is 34.9 Å². The van der Waals surface area contributed by atoms with Gasteiger partial charge in [0.2, 0.25) is 0 Å². The molecule has 3 rings (SSSR count). The highest BCUT2D eigenvalue weighted by Crippen LogP contribution is 2.30. The van der Waals surface area contributed by atoms with Crippen LogP contribution in [0.1, 0.15) is 68.1 Å². The second-order valence-corrected chi connectivity index (χ2v) is 10.3. The standard InChI is InChI=1S/C18H28N2O3S2/c1-19(16-9-5-4-6-10-16)25(22,23)17-13-15(14-24-17)18(21)20-11-7-2-3-8-12-20/h13-14,16H,2-12H2,1H3. The minimum Gasteiger partial charge on any atom is -0.339 e. The Balaban J connectivity index is 1.74. The predicted molar refractivity (Wildman–Crippen MR) is 101 cm³/mol. The van der Waals surface area contributed by atoms with Gasteiger partial charge < -0.3 is 4.90 Å². The Morgan fingerprint density at radius 2 is 1.68 bits per heavy atom. The fraction of sp³-hybridized carbons (Fsp3) is 0.722. The molecule has 2 aliphatic rings. The van der Waals surface area contributed by atoms with Gasteiger partial charge in [-0.25, -0.2) is 8.42 Å². The molecule has 0 aromatic carbocycles. The minimum atomic E-state index is -3.51. The van der Waals surface area contributed by atoms with Crippen molar-refractivity contribution < 1.29 is 13.2 Å². The molecule has 2 heterocycles. The largest absolute Gasteiger partial charge is 0.339 e. The van der Waals surface area contributed by atoms with E-state index in [-0.39, 0.29) is 11.9 Å². The number of rotatable bonds is 4. The van der Waals surface area contributed by atoms with Crippen molar-refractivity contribution in [2.75, 3.05) is 20.1 Å². The van der Waals surface area contributed by atoms with Crippen LogP contribution < -0.4 is 0 Å². The van der Waals surface area contributed by atoms with Crippen LogP contribution in [0.4, 0.5) is 0 Å². The highest BCUT2D eigenvalue weighted by atomic mass is 32.2. The number of amides is 1. The molecule has 0 atom stereocenters. The van der Waals surface area contributed by atoms with E-state index in [0.29, 0.717) is 9.77 Å². The summed E-state index contributed by atoms with van der Waals surface area (Å²) in [5, 5.41) is 1.70. The van der Waals surface area contributed by atoms with E-state index < -0.39 is 10.0 Å². The van der Waals surface area contributed by atoms with Gasteiger partial charge in [-0.15, -0.1) is 11.3 Å². The fourth-order valence-corrected chi connectivity index (χ4v) is 6.56. The number of hydrogen-bond acceptors (Lipinski definition) is 4. The van der Waals surface area contributed by atoms with E-state index in [9.17, 15) is 13.2 Å². The van der Waals surface area contributed by atoms with Gasteiger partial charge in [0, 0.05) is 31.6 Å². The average Bonchev–Trinajstić information content (AvgIpc) is 2.98. The van der Waals surface area contributed by atoms with Crippen molar-refractivity contribution in [1.29, 1.82) is 0 Å². The zero-order valence-corrected chi connectivity index (χ0v) is 16.6. The summed E-state index contributed by atoms with van der Waals surface area (Å²) in [5.41, 5.74) is 0.516. The van der Waals surface area contributed by atoms with Gasteiger partial charge >= 0.3 is 0 Å². The summed E-state index contributed by atoms with van der Waals surface area (Å²) in [6, 6.07) is 1.66. The zero-order chi connectivity index (χ0) is 17.9. The molecule has 1 aromatic heterocycles. The average molecular weight is 385 g/mol. The van der Waals surface area contributed by atoms with Crippen LogP contribution in [0.25, 0.3) is 0 Å². The molecular formula is C18H28N2O3S2. The molecule has 1 aromatic rings. The molecule has 2 fully saturated rings. The van der Waals surface area contributed by atoms with Crippen molar-refractivity contribution in [1.82, 2.24) is 9.21 Å². The molecule has 5 nitrogen and oxygen atoms in total. The molecule has 1 aliphatic carbocycles. The quantitative estimate of drug-likeness (QED) is 0.795. The molecule has 1 saturated heterocycles. The van der Waals surface area contributed by atoms with Crippen molar-refractivity contribution in [3.05, 3.63) is 17.0 Å². The van der Waals surface area contributed by atoms with Crippen LogP contribution in [0.15, 0.2) is 15.7 Å². The van der Waals surface area contributed by atoms with Crippen molar-refractivity contribution >= 4 is 27.3 Å². The van der Waals surface area contributed by atoms with Crippen LogP contribution in [0.2, 0.25) is 0 Å². The zero-order valence-electron chi connectivity index (χ0n) is 14.9. The summed E-state index contributed by atoms with van der Waals surface area (Å²) in [7, 11) is -1.83. The van der Waals surface area contributed by atoms with E-state index in [1.807, 2.05) is 4.90 Å². The van der Waals surface area contributed by atoms with Crippen LogP contribution in [0.3, 0.4) is 0 Å². The molecule has 7 heteroatoms. The summed E-state index contributed by atoms with van der Waals surface area (Å²) >= 11 is 1.17. The fourth-order valence-electron chi connectivity index (χ4n) is 3.80. The Morgan fingerprint density at radius 1 is 1.08 bits per heavy atom. The maximum Gasteiger partial charge on any atom is 0.254 e. The molecule has 25 heavy (non-hydrogen) atoms. The molecular weight excluding hydrogens is 356 g/mol. The lowest BCUT2D eigenvalue weighted by Crippen LogP contribution is -2.38. The van der Waals surface area contributed by atoms with Crippen LogP contribution in [0, 0.1) is 0 Å². The van der Waals surface area contributed by atoms with Gasteiger partial charge in [-0.1, -0.05) is 32.1 Å². The van der Waals surface area contributed by atoms with Gasteiger partial charge in [0.05, 0.1) is 5.56 Å². The number of carbonyl (C=O) groups is 1. The minimum absolute atomic E-state index is 0.0279. The van der Waals surface area contributed by atoms with Crippen LogP contribution >= 0.6 is 11.3 Å². The van der Waals surface area contributed by atoms with Gasteiger partial charge in [0.1, 0.15) is 4.21 Å². The number of carbonyl (C=O) groups excluding carboxylic acids is 1. The predicted octanol–water partition coefficient (Wildman–Crippen LogP) is 3.72. The van der Waals surface area contributed by atoms with Gasteiger partial charge in [0.15, 0.2) is 0 Å². The summed E-state index contributed by atoms with van der Waals surface area (Å²) < 4.78 is 27.6. The number of hydrogen-bond donors (Lipinski definition) is 0. The highest BCUT2D eigenvalue weighted by Gasteiger charge is 2.31. The summed E-state index contributed by atoms with van der Waals surface area (Å²) in [6.07, 6.45) is 9.63. The Bertz CT molecular complexity index is 685. The van der Waals surface area contributed by atoms with Crippen molar-refractivity contribution in [3.63, 3.8) is 0 Å². The highest BCUT2D eigenvalue weighted by molar-refractivity contribution is 7.91. The third-order valence-corrected chi connectivity index (χ3v) is 8.76. The molecule has 1 amide bonds. The van der Waals surface area contributed by atoms with Crippen LogP contribution in [0.5, 0.6) is 0 Å². The first-order valence-corrected chi connectivity index (χ1v) is 11.7. The normalized spacial score (nSPS) is 20.6. The lowest BCUT2D eigenvalue weighted by molar-refractivity contribution is 0.0762. The Labute approximate surface area is 155 Å². The molecule has 1 aliphatic heterocycles. The topological polar surface area (TPSA) is 57.7 Å². The van der Waals surface area contributed by atoms with Gasteiger partial charge in [-0.05, 0) is 31.7 Å². The maximum absolute atomic E-state index is 12.9. The van der Waals surface area contributed by atoms with E-state index in [2.05, 4.69) is 0 Å². The summed E-state index contributed by atoms with van der Waals surface area (Å²) in [4.78, 5) is 14.6. The molecule has 0 radical (unpaired) electrons. The van der Waals surface area contributed by atoms with Crippen molar-refractivity contribution in [2.45, 2.75) is 68.0 Å². The molecule has 1 saturated carbocycles. The second-order valence-electron chi connectivity index (χ2n) is 7.17. The number of likely N-dealkylation sites (tertiary alicyclic amines) is 1. The number of nitrogens with zero attached hydrogens (tertiary/aromatic N) is 2. The smallest absolute Gasteiger partial charge is 0.254 e. The van der Waals surface area contributed by atoms with Crippen molar-refractivity contribution in [3.8, 4) is 0 Å². The monoisotopic (exact) mass is 384 g/mol. The van der Waals surface area contributed by atoms with Crippen molar-refractivity contribution in [2.24, 2.45) is 0 Å². The Hall–Kier alpha value is -0.920. The molecule has 140 valence electrons. The lowest BCUT2D eigenvalue weighted by atomic mass is 9.96. The third-order valence-electron chi connectivity index (χ3n) is 5.44. The second kappa shape index (κ2) is 8.18. The molecule has 0 unspecified atom stereocenters. The summed E-state index contributed by atoms with van der Waals surface area (Å²) in [6.45, 7) is 1.55. The van der Waals surface area contributed by atoms with Gasteiger partial charge in [-0.2, -0.15) is 4.31 Å². The van der Waals surface area contributed by atoms with E-state index in [1.54, 1.807) is 18.5 Å². The molecule has 0 bridgehead atoms. The SMILES string of the molecule is CN(C1CCCCC1)S(=O)(=O)c1cc(C(=O)N2CCCCCC2)cs1. The molecule has 0 spiro atoms. The first-order valence-electron chi connectivity index (χ1n) is 9.36. The number of sulfonamides is 1. The van der Waals surface area contributed by atoms with Gasteiger partial charge in [-0.3, -0.25) is 4.79 Å². The van der Waals surface area contributed by atoms with Crippen LogP contribution in [-0.4, -0.2) is 49.7 Å². The lowest BCUT2D eigenvalue weighted by Gasteiger charge is -2.29. The summed E-state index contributed by atoms with van der Waals surface area (Å²) in [5.74, 6) is -0.0279. The first-order chi connectivity index (χ1) is 12.0. The Morgan fingerprint density at radius 3 is 2.32 bits per heavy atom. The maximum atomic E-state index is 12.9. The van der Waals surface area contributed by atoms with E-state index in [4.69, 9.17) is 0 Å². The van der Waals surface area contributed by atoms with Gasteiger partial charge in [0.25, 0.3) is 15.9 Å². The Kier molecular flexibility index (Phi) is 6.17. The third kappa shape index (κ3) is 4.26.